The minimum absolute atomic E-state index is 0.663. The van der Waals surface area contributed by atoms with E-state index < -0.39 is 0 Å². The van der Waals surface area contributed by atoms with E-state index in [1.807, 2.05) is 13.0 Å². The van der Waals surface area contributed by atoms with Crippen molar-refractivity contribution >= 4 is 0 Å². The minimum atomic E-state index is 0.663. The van der Waals surface area contributed by atoms with E-state index in [0.29, 0.717) is 12.6 Å². The molecule has 0 aliphatic heterocycles. The van der Waals surface area contributed by atoms with Gasteiger partial charge < -0.3 is 14.8 Å². The van der Waals surface area contributed by atoms with Crippen LogP contribution in [0.15, 0.2) is 18.2 Å². The second kappa shape index (κ2) is 5.92. The zero-order chi connectivity index (χ0) is 12.1. The molecular formula is C14H21NO2. The van der Waals surface area contributed by atoms with Gasteiger partial charge in [-0.2, -0.15) is 0 Å². The van der Waals surface area contributed by atoms with Gasteiger partial charge in [-0.25, -0.2) is 0 Å². The second-order valence-electron chi connectivity index (χ2n) is 4.43. The Kier molecular flexibility index (Phi) is 4.26. The Balaban J connectivity index is 1.97. The quantitative estimate of drug-likeness (QED) is 0.822. The minimum Gasteiger partial charge on any atom is -0.493 e. The molecular weight excluding hydrogens is 214 g/mol. The maximum atomic E-state index is 5.50. The predicted octanol–water partition coefficient (Wildman–Crippen LogP) is 2.74. The van der Waals surface area contributed by atoms with Crippen LogP contribution in [0, 0.1) is 0 Å². The predicted molar refractivity (Wildman–Crippen MR) is 68.6 cm³/mol. The van der Waals surface area contributed by atoms with Gasteiger partial charge in [0, 0.05) is 12.6 Å². The number of nitrogens with one attached hydrogen (secondary N) is 1. The van der Waals surface area contributed by atoms with Crippen LogP contribution >= 0.6 is 0 Å². The van der Waals surface area contributed by atoms with E-state index in [-0.39, 0.29) is 0 Å². The van der Waals surface area contributed by atoms with Gasteiger partial charge >= 0.3 is 0 Å². The van der Waals surface area contributed by atoms with Gasteiger partial charge in [-0.1, -0.05) is 12.5 Å². The summed E-state index contributed by atoms with van der Waals surface area (Å²) in [6, 6.07) is 6.85. The van der Waals surface area contributed by atoms with Crippen LogP contribution in [0.2, 0.25) is 0 Å². The van der Waals surface area contributed by atoms with Crippen molar-refractivity contribution in [2.45, 2.75) is 38.8 Å². The highest BCUT2D eigenvalue weighted by Gasteiger charge is 2.16. The van der Waals surface area contributed by atoms with Gasteiger partial charge in [0.25, 0.3) is 0 Å². The summed E-state index contributed by atoms with van der Waals surface area (Å²) in [6.45, 7) is 3.55. The summed E-state index contributed by atoms with van der Waals surface area (Å²) >= 11 is 0. The Hall–Kier alpha value is -1.22. The van der Waals surface area contributed by atoms with Crippen molar-refractivity contribution in [1.29, 1.82) is 0 Å². The molecule has 3 heteroatoms. The van der Waals surface area contributed by atoms with Crippen molar-refractivity contribution in [3.8, 4) is 11.5 Å². The molecule has 0 bridgehead atoms. The Labute approximate surface area is 103 Å². The lowest BCUT2D eigenvalue weighted by Crippen LogP contribution is -2.34. The molecule has 0 aromatic heterocycles. The van der Waals surface area contributed by atoms with E-state index >= 15 is 0 Å². The van der Waals surface area contributed by atoms with E-state index in [4.69, 9.17) is 9.47 Å². The highest BCUT2D eigenvalue weighted by molar-refractivity contribution is 5.42. The molecule has 94 valence electrons. The molecule has 0 heterocycles. The Morgan fingerprint density at radius 1 is 1.29 bits per heavy atom. The second-order valence-corrected chi connectivity index (χ2v) is 4.43. The molecule has 1 saturated carbocycles. The van der Waals surface area contributed by atoms with Crippen LogP contribution < -0.4 is 14.8 Å². The van der Waals surface area contributed by atoms with Crippen molar-refractivity contribution in [3.05, 3.63) is 23.8 Å². The highest BCUT2D eigenvalue weighted by atomic mass is 16.5. The fraction of sp³-hybridized carbons (Fsp3) is 0.571. The lowest BCUT2D eigenvalue weighted by atomic mass is 9.93. The largest absolute Gasteiger partial charge is 0.493 e. The zero-order valence-corrected chi connectivity index (χ0v) is 10.7. The van der Waals surface area contributed by atoms with Gasteiger partial charge in [0.2, 0.25) is 0 Å². The topological polar surface area (TPSA) is 30.5 Å². The monoisotopic (exact) mass is 235 g/mol. The van der Waals surface area contributed by atoms with E-state index in [2.05, 4.69) is 17.4 Å². The average Bonchev–Trinajstić information content (AvgIpc) is 2.29. The summed E-state index contributed by atoms with van der Waals surface area (Å²) in [4.78, 5) is 0. The fourth-order valence-corrected chi connectivity index (χ4v) is 1.97. The number of rotatable bonds is 6. The molecule has 1 aromatic rings. The third-order valence-corrected chi connectivity index (χ3v) is 3.23. The standard InChI is InChI=1S/C14H21NO2/c1-3-17-13-8-7-11(9-14(13)16-2)10-15-12-5-4-6-12/h7-9,12,15H,3-6,10H2,1-2H3. The summed E-state index contributed by atoms with van der Waals surface area (Å²) in [5.41, 5.74) is 1.25. The summed E-state index contributed by atoms with van der Waals surface area (Å²) in [5.74, 6) is 1.64. The maximum absolute atomic E-state index is 5.50. The number of hydrogen-bond acceptors (Lipinski definition) is 3. The third kappa shape index (κ3) is 3.13. The summed E-state index contributed by atoms with van der Waals surface area (Å²) in [6.07, 6.45) is 3.99. The Morgan fingerprint density at radius 3 is 2.71 bits per heavy atom. The van der Waals surface area contributed by atoms with Gasteiger partial charge in [-0.05, 0) is 37.5 Å². The first-order valence-electron chi connectivity index (χ1n) is 6.36. The maximum Gasteiger partial charge on any atom is 0.161 e. The molecule has 1 aliphatic carbocycles. The first kappa shape index (κ1) is 12.2. The van der Waals surface area contributed by atoms with Crippen molar-refractivity contribution in [3.63, 3.8) is 0 Å². The lowest BCUT2D eigenvalue weighted by molar-refractivity contribution is 0.310. The number of benzene rings is 1. The molecule has 0 spiro atoms. The zero-order valence-electron chi connectivity index (χ0n) is 10.7. The van der Waals surface area contributed by atoms with Gasteiger partial charge in [-0.15, -0.1) is 0 Å². The summed E-state index contributed by atoms with van der Waals surface area (Å²) < 4.78 is 10.8. The van der Waals surface area contributed by atoms with Crippen LogP contribution in [0.1, 0.15) is 31.7 Å². The molecule has 1 aromatic carbocycles. The van der Waals surface area contributed by atoms with Crippen LogP contribution in [0.5, 0.6) is 11.5 Å². The van der Waals surface area contributed by atoms with Crippen molar-refractivity contribution in [1.82, 2.24) is 5.32 Å². The smallest absolute Gasteiger partial charge is 0.161 e. The molecule has 0 saturated heterocycles. The number of hydrogen-bond donors (Lipinski definition) is 1. The van der Waals surface area contributed by atoms with Crippen LogP contribution in [-0.4, -0.2) is 19.8 Å². The molecule has 1 fully saturated rings. The van der Waals surface area contributed by atoms with Crippen LogP contribution in [0.25, 0.3) is 0 Å². The lowest BCUT2D eigenvalue weighted by Gasteiger charge is -2.26. The fourth-order valence-electron chi connectivity index (χ4n) is 1.97. The van der Waals surface area contributed by atoms with E-state index in [9.17, 15) is 0 Å². The van der Waals surface area contributed by atoms with Gasteiger partial charge in [0.05, 0.1) is 13.7 Å². The molecule has 2 rings (SSSR count). The molecule has 1 aliphatic rings. The van der Waals surface area contributed by atoms with E-state index in [0.717, 1.165) is 18.0 Å². The van der Waals surface area contributed by atoms with Crippen molar-refractivity contribution in [2.75, 3.05) is 13.7 Å². The van der Waals surface area contributed by atoms with Crippen LogP contribution in [-0.2, 0) is 6.54 Å². The van der Waals surface area contributed by atoms with Gasteiger partial charge in [-0.3, -0.25) is 0 Å². The van der Waals surface area contributed by atoms with Crippen molar-refractivity contribution in [2.24, 2.45) is 0 Å². The van der Waals surface area contributed by atoms with Crippen LogP contribution in [0.4, 0.5) is 0 Å². The molecule has 17 heavy (non-hydrogen) atoms. The molecule has 3 nitrogen and oxygen atoms in total. The van der Waals surface area contributed by atoms with Crippen molar-refractivity contribution < 1.29 is 9.47 Å². The average molecular weight is 235 g/mol. The first-order valence-corrected chi connectivity index (χ1v) is 6.36. The van der Waals surface area contributed by atoms with Gasteiger partial charge in [0.15, 0.2) is 11.5 Å². The Bertz CT molecular complexity index is 361. The van der Waals surface area contributed by atoms with E-state index in [1.165, 1.54) is 24.8 Å². The first-order chi connectivity index (χ1) is 8.33. The van der Waals surface area contributed by atoms with E-state index in [1.54, 1.807) is 7.11 Å². The highest BCUT2D eigenvalue weighted by Crippen LogP contribution is 2.28. The molecule has 0 atom stereocenters. The van der Waals surface area contributed by atoms with Gasteiger partial charge in [0.1, 0.15) is 0 Å². The summed E-state index contributed by atoms with van der Waals surface area (Å²) in [7, 11) is 1.68. The normalized spacial score (nSPS) is 15.4. The SMILES string of the molecule is CCOc1ccc(CNC2CCC2)cc1OC. The van der Waals surface area contributed by atoms with Crippen LogP contribution in [0.3, 0.4) is 0 Å². The molecule has 0 amide bonds. The third-order valence-electron chi connectivity index (χ3n) is 3.23. The molecule has 0 unspecified atom stereocenters. The molecule has 1 N–H and O–H groups in total. The number of methoxy groups -OCH3 is 1. The Morgan fingerprint density at radius 2 is 2.12 bits per heavy atom. The number of ether oxygens (including phenoxy) is 2. The summed E-state index contributed by atoms with van der Waals surface area (Å²) in [5, 5.41) is 3.54. The molecule has 0 radical (unpaired) electrons.